The van der Waals surface area contributed by atoms with E-state index < -0.39 is 12.2 Å². The van der Waals surface area contributed by atoms with Crippen LogP contribution in [-0.4, -0.2) is 32.5 Å². The first-order chi connectivity index (χ1) is 12.5. The summed E-state index contributed by atoms with van der Waals surface area (Å²) in [5, 5.41) is 10.7. The predicted octanol–water partition coefficient (Wildman–Crippen LogP) is 4.25. The van der Waals surface area contributed by atoms with Crippen molar-refractivity contribution in [3.63, 3.8) is 0 Å². The van der Waals surface area contributed by atoms with Crippen LogP contribution in [0.5, 0.6) is 23.0 Å². The molecule has 0 aliphatic heterocycles. The molecule has 0 saturated heterocycles. The Kier molecular flexibility index (Phi) is 6.92. The van der Waals surface area contributed by atoms with Gasteiger partial charge < -0.3 is 24.1 Å². The van der Waals surface area contributed by atoms with Gasteiger partial charge in [-0.25, -0.2) is 0 Å². The number of methoxy groups -OCH3 is 3. The summed E-state index contributed by atoms with van der Waals surface area (Å²) in [6.07, 6.45) is 2.61. The highest BCUT2D eigenvalue weighted by molar-refractivity contribution is 5.55. The molecule has 0 saturated carbocycles. The Morgan fingerprint density at radius 3 is 2.08 bits per heavy atom. The molecule has 0 aromatic heterocycles. The van der Waals surface area contributed by atoms with E-state index in [1.807, 2.05) is 37.3 Å². The quantitative estimate of drug-likeness (QED) is 0.765. The number of hydrogen-bond donors (Lipinski definition) is 1. The third kappa shape index (κ3) is 4.49. The number of allylic oxidation sites excluding steroid dienone is 1. The highest BCUT2D eigenvalue weighted by Crippen LogP contribution is 2.34. The Hall–Kier alpha value is -2.66. The number of ether oxygens (including phenoxy) is 4. The van der Waals surface area contributed by atoms with E-state index in [1.165, 1.54) is 0 Å². The lowest BCUT2D eigenvalue weighted by molar-refractivity contribution is 0.0450. The van der Waals surface area contributed by atoms with E-state index in [1.54, 1.807) is 46.5 Å². The van der Waals surface area contributed by atoms with Crippen molar-refractivity contribution in [1.29, 1.82) is 0 Å². The summed E-state index contributed by atoms with van der Waals surface area (Å²) in [7, 11) is 4.73. The highest BCUT2D eigenvalue weighted by atomic mass is 16.5. The molecular weight excluding hydrogens is 332 g/mol. The average Bonchev–Trinajstić information content (AvgIpc) is 2.67. The standard InChI is InChI=1S/C21H26O5/c1-6-7-15-8-10-18(19(12-15)24-4)26-14(2)21(22)16-9-11-17(23-3)20(13-16)25-5/h6-14,21-22H,1-5H3/b7-6+/t14-,21-/m1/s1. The Morgan fingerprint density at radius 1 is 0.846 bits per heavy atom. The Bertz CT molecular complexity index is 754. The third-order valence-corrected chi connectivity index (χ3v) is 4.05. The van der Waals surface area contributed by atoms with Crippen LogP contribution in [0.25, 0.3) is 6.08 Å². The molecule has 5 heteroatoms. The second-order valence-electron chi connectivity index (χ2n) is 5.79. The second kappa shape index (κ2) is 9.15. The maximum absolute atomic E-state index is 10.7. The van der Waals surface area contributed by atoms with Gasteiger partial charge >= 0.3 is 0 Å². The molecule has 0 fully saturated rings. The van der Waals surface area contributed by atoms with Gasteiger partial charge in [0.15, 0.2) is 23.0 Å². The van der Waals surface area contributed by atoms with Crippen molar-refractivity contribution >= 4 is 6.08 Å². The molecule has 140 valence electrons. The Morgan fingerprint density at radius 2 is 1.46 bits per heavy atom. The Labute approximate surface area is 154 Å². The van der Waals surface area contributed by atoms with Gasteiger partial charge in [0.25, 0.3) is 0 Å². The summed E-state index contributed by atoms with van der Waals surface area (Å²) in [5.74, 6) is 2.36. The summed E-state index contributed by atoms with van der Waals surface area (Å²) in [5.41, 5.74) is 1.70. The van der Waals surface area contributed by atoms with Gasteiger partial charge in [-0.1, -0.05) is 24.3 Å². The molecule has 0 unspecified atom stereocenters. The maximum Gasteiger partial charge on any atom is 0.161 e. The van der Waals surface area contributed by atoms with Crippen molar-refractivity contribution in [2.24, 2.45) is 0 Å². The lowest BCUT2D eigenvalue weighted by Crippen LogP contribution is -2.22. The summed E-state index contributed by atoms with van der Waals surface area (Å²) in [6, 6.07) is 11.0. The van der Waals surface area contributed by atoms with E-state index in [9.17, 15) is 5.11 Å². The average molecular weight is 358 g/mol. The van der Waals surface area contributed by atoms with Crippen LogP contribution < -0.4 is 18.9 Å². The van der Waals surface area contributed by atoms with Crippen LogP contribution in [0, 0.1) is 0 Å². The van der Waals surface area contributed by atoms with Crippen LogP contribution in [0.4, 0.5) is 0 Å². The molecule has 1 N–H and O–H groups in total. The van der Waals surface area contributed by atoms with Crippen LogP contribution in [-0.2, 0) is 0 Å². The van der Waals surface area contributed by atoms with Crippen molar-refractivity contribution in [2.75, 3.05) is 21.3 Å². The first kappa shape index (κ1) is 19.7. The molecule has 2 rings (SSSR count). The second-order valence-corrected chi connectivity index (χ2v) is 5.79. The Balaban J connectivity index is 2.20. The minimum atomic E-state index is -0.838. The van der Waals surface area contributed by atoms with Crippen LogP contribution in [0.15, 0.2) is 42.5 Å². The predicted molar refractivity (Wildman–Crippen MR) is 102 cm³/mol. The van der Waals surface area contributed by atoms with Crippen molar-refractivity contribution in [2.45, 2.75) is 26.1 Å². The molecule has 2 aromatic rings. The molecule has 5 nitrogen and oxygen atoms in total. The molecule has 0 radical (unpaired) electrons. The van der Waals surface area contributed by atoms with Crippen molar-refractivity contribution in [3.8, 4) is 23.0 Å². The van der Waals surface area contributed by atoms with Crippen LogP contribution >= 0.6 is 0 Å². The molecule has 2 atom stereocenters. The van der Waals surface area contributed by atoms with Crippen LogP contribution in [0.2, 0.25) is 0 Å². The third-order valence-electron chi connectivity index (χ3n) is 4.05. The molecule has 0 bridgehead atoms. The summed E-state index contributed by atoms with van der Waals surface area (Å²) in [6.45, 7) is 3.76. The summed E-state index contributed by atoms with van der Waals surface area (Å²) in [4.78, 5) is 0. The number of rotatable bonds is 8. The first-order valence-corrected chi connectivity index (χ1v) is 8.41. The van der Waals surface area contributed by atoms with Gasteiger partial charge in [-0.15, -0.1) is 0 Å². The molecule has 0 amide bonds. The normalized spacial score (nSPS) is 13.3. The van der Waals surface area contributed by atoms with Gasteiger partial charge in [0, 0.05) is 0 Å². The zero-order valence-corrected chi connectivity index (χ0v) is 15.9. The number of hydrogen-bond acceptors (Lipinski definition) is 5. The van der Waals surface area contributed by atoms with E-state index in [-0.39, 0.29) is 0 Å². The smallest absolute Gasteiger partial charge is 0.161 e. The number of benzene rings is 2. The first-order valence-electron chi connectivity index (χ1n) is 8.41. The van der Waals surface area contributed by atoms with E-state index in [0.717, 1.165) is 5.56 Å². The van der Waals surface area contributed by atoms with E-state index in [0.29, 0.717) is 28.6 Å². The molecule has 0 aliphatic carbocycles. The zero-order valence-electron chi connectivity index (χ0n) is 15.9. The molecule has 0 aliphatic rings. The van der Waals surface area contributed by atoms with Crippen molar-refractivity contribution in [1.82, 2.24) is 0 Å². The highest BCUT2D eigenvalue weighted by Gasteiger charge is 2.21. The largest absolute Gasteiger partial charge is 0.493 e. The molecule has 0 spiro atoms. The monoisotopic (exact) mass is 358 g/mol. The summed E-state index contributed by atoms with van der Waals surface area (Å²) >= 11 is 0. The van der Waals surface area contributed by atoms with Crippen molar-refractivity contribution in [3.05, 3.63) is 53.6 Å². The van der Waals surface area contributed by atoms with Gasteiger partial charge in [-0.3, -0.25) is 0 Å². The maximum atomic E-state index is 10.7. The lowest BCUT2D eigenvalue weighted by atomic mass is 10.0. The fourth-order valence-corrected chi connectivity index (χ4v) is 2.65. The molecular formula is C21H26O5. The van der Waals surface area contributed by atoms with Crippen molar-refractivity contribution < 1.29 is 24.1 Å². The van der Waals surface area contributed by atoms with E-state index in [2.05, 4.69) is 0 Å². The van der Waals surface area contributed by atoms with Gasteiger partial charge in [0.05, 0.1) is 21.3 Å². The summed E-state index contributed by atoms with van der Waals surface area (Å²) < 4.78 is 21.9. The molecule has 2 aromatic carbocycles. The zero-order chi connectivity index (χ0) is 19.1. The topological polar surface area (TPSA) is 57.2 Å². The fraction of sp³-hybridized carbons (Fsp3) is 0.333. The minimum Gasteiger partial charge on any atom is -0.493 e. The van der Waals surface area contributed by atoms with E-state index in [4.69, 9.17) is 18.9 Å². The minimum absolute atomic E-state index is 0.491. The molecule has 26 heavy (non-hydrogen) atoms. The van der Waals surface area contributed by atoms with Gasteiger partial charge in [0.1, 0.15) is 12.2 Å². The number of aliphatic hydroxyl groups excluding tert-OH is 1. The lowest BCUT2D eigenvalue weighted by Gasteiger charge is -2.23. The molecule has 0 heterocycles. The SMILES string of the molecule is C/C=C/c1ccc(O[C@H](C)[C@@H](O)c2ccc(OC)c(OC)c2)c(OC)c1. The van der Waals surface area contributed by atoms with Gasteiger partial charge in [-0.05, 0) is 49.2 Å². The fourth-order valence-electron chi connectivity index (χ4n) is 2.65. The van der Waals surface area contributed by atoms with E-state index >= 15 is 0 Å². The van der Waals surface area contributed by atoms with Crippen LogP contribution in [0.1, 0.15) is 31.1 Å². The van der Waals surface area contributed by atoms with Gasteiger partial charge in [0.2, 0.25) is 0 Å². The number of aliphatic hydroxyl groups is 1. The van der Waals surface area contributed by atoms with Crippen LogP contribution in [0.3, 0.4) is 0 Å². The van der Waals surface area contributed by atoms with Gasteiger partial charge in [-0.2, -0.15) is 0 Å².